The molecule has 2 heterocycles. The van der Waals surface area contributed by atoms with Gasteiger partial charge in [0.2, 0.25) is 0 Å². The number of halogens is 1. The molecule has 0 radical (unpaired) electrons. The lowest BCUT2D eigenvalue weighted by Crippen LogP contribution is -2.27. The number of hydrogen-bond acceptors (Lipinski definition) is 2. The Labute approximate surface area is 123 Å². The number of benzene rings is 1. The smallest absolute Gasteiger partial charge is 0.137 e. The van der Waals surface area contributed by atoms with Gasteiger partial charge in [0.15, 0.2) is 0 Å². The quantitative estimate of drug-likeness (QED) is 0.779. The summed E-state index contributed by atoms with van der Waals surface area (Å²) >= 11 is 0. The van der Waals surface area contributed by atoms with Crippen LogP contribution in [0.4, 0.5) is 4.39 Å². The van der Waals surface area contributed by atoms with Crippen molar-refractivity contribution in [1.29, 1.82) is 0 Å². The lowest BCUT2D eigenvalue weighted by atomic mass is 10.1. The van der Waals surface area contributed by atoms with Crippen molar-refractivity contribution in [1.82, 2.24) is 14.7 Å². The van der Waals surface area contributed by atoms with Crippen LogP contribution in [0.1, 0.15) is 18.2 Å². The van der Waals surface area contributed by atoms with E-state index < -0.39 is 0 Å². The van der Waals surface area contributed by atoms with Crippen LogP contribution in [-0.2, 0) is 13.0 Å². The van der Waals surface area contributed by atoms with Gasteiger partial charge in [-0.05, 0) is 43.2 Å². The summed E-state index contributed by atoms with van der Waals surface area (Å²) in [7, 11) is 0. The highest BCUT2D eigenvalue weighted by atomic mass is 19.1. The van der Waals surface area contributed by atoms with Crippen molar-refractivity contribution < 1.29 is 4.39 Å². The van der Waals surface area contributed by atoms with Gasteiger partial charge < -0.3 is 9.72 Å². The van der Waals surface area contributed by atoms with Gasteiger partial charge in [0.25, 0.3) is 0 Å². The Morgan fingerprint density at radius 3 is 2.95 bits per heavy atom. The Kier molecular flexibility index (Phi) is 3.97. The van der Waals surface area contributed by atoms with E-state index in [1.54, 1.807) is 12.1 Å². The topological polar surface area (TPSA) is 29.3 Å². The average molecular weight is 283 g/mol. The van der Waals surface area contributed by atoms with Gasteiger partial charge in [-0.2, -0.15) is 0 Å². The van der Waals surface area contributed by atoms with Crippen LogP contribution < -0.4 is 5.32 Å². The molecule has 3 aromatic rings. The van der Waals surface area contributed by atoms with Crippen LogP contribution in [0.5, 0.6) is 0 Å². The summed E-state index contributed by atoms with van der Waals surface area (Å²) in [5.41, 5.74) is 2.96. The second kappa shape index (κ2) is 6.06. The number of aromatic nitrogens is 2. The van der Waals surface area contributed by atoms with Crippen LogP contribution in [0, 0.1) is 5.82 Å². The zero-order valence-corrected chi connectivity index (χ0v) is 12.0. The molecular weight excluding hydrogens is 265 g/mol. The van der Waals surface area contributed by atoms with Crippen LogP contribution in [0.3, 0.4) is 0 Å². The summed E-state index contributed by atoms with van der Waals surface area (Å²) < 4.78 is 15.2. The third-order valence-electron chi connectivity index (χ3n) is 3.48. The molecule has 0 saturated carbocycles. The van der Waals surface area contributed by atoms with E-state index in [0.717, 1.165) is 23.3 Å². The minimum atomic E-state index is -0.181. The van der Waals surface area contributed by atoms with Crippen molar-refractivity contribution in [2.75, 3.05) is 0 Å². The Morgan fingerprint density at radius 1 is 1.24 bits per heavy atom. The van der Waals surface area contributed by atoms with E-state index in [4.69, 9.17) is 0 Å². The molecule has 0 fully saturated rings. The molecule has 1 atom stereocenters. The molecule has 2 aromatic heterocycles. The minimum absolute atomic E-state index is 0.181. The summed E-state index contributed by atoms with van der Waals surface area (Å²) in [5.74, 6) is -0.181. The molecule has 4 heteroatoms. The maximum atomic E-state index is 13.2. The lowest BCUT2D eigenvalue weighted by molar-refractivity contribution is 0.538. The van der Waals surface area contributed by atoms with E-state index in [-0.39, 0.29) is 11.9 Å². The first-order valence-corrected chi connectivity index (χ1v) is 7.11. The maximum absolute atomic E-state index is 13.2. The Hall–Kier alpha value is -2.20. The van der Waals surface area contributed by atoms with Gasteiger partial charge >= 0.3 is 0 Å². The second-order valence-corrected chi connectivity index (χ2v) is 5.31. The Morgan fingerprint density at radius 2 is 2.14 bits per heavy atom. The zero-order chi connectivity index (χ0) is 14.7. The standard InChI is InChI=1S/C17H18FN3/c1-13(9-14-5-4-6-15(18)10-14)19-11-16-12-21-8-3-2-7-17(21)20-16/h2-8,10,12-13,19H,9,11H2,1H3/t13-/m0/s1. The van der Waals surface area contributed by atoms with Gasteiger partial charge in [-0.1, -0.05) is 18.2 Å². The first-order valence-electron chi connectivity index (χ1n) is 7.11. The summed E-state index contributed by atoms with van der Waals surface area (Å²) in [6.07, 6.45) is 4.81. The second-order valence-electron chi connectivity index (χ2n) is 5.31. The molecule has 1 N–H and O–H groups in total. The molecular formula is C17H18FN3. The highest BCUT2D eigenvalue weighted by molar-refractivity contribution is 5.39. The third-order valence-corrected chi connectivity index (χ3v) is 3.48. The highest BCUT2D eigenvalue weighted by Gasteiger charge is 2.06. The first kappa shape index (κ1) is 13.8. The number of rotatable bonds is 5. The molecule has 0 aliphatic heterocycles. The number of fused-ring (bicyclic) bond motifs is 1. The summed E-state index contributed by atoms with van der Waals surface area (Å²) in [6.45, 7) is 2.80. The Balaban J connectivity index is 1.59. The highest BCUT2D eigenvalue weighted by Crippen LogP contribution is 2.08. The van der Waals surface area contributed by atoms with Crippen molar-refractivity contribution in [3.05, 3.63) is 71.9 Å². The van der Waals surface area contributed by atoms with Gasteiger partial charge in [-0.3, -0.25) is 0 Å². The first-order chi connectivity index (χ1) is 10.2. The van der Waals surface area contributed by atoms with E-state index in [1.165, 1.54) is 6.07 Å². The fraction of sp³-hybridized carbons (Fsp3) is 0.235. The fourth-order valence-corrected chi connectivity index (χ4v) is 2.44. The van der Waals surface area contributed by atoms with Gasteiger partial charge in [0, 0.05) is 25.0 Å². The van der Waals surface area contributed by atoms with E-state index in [0.29, 0.717) is 6.54 Å². The van der Waals surface area contributed by atoms with Crippen molar-refractivity contribution in [3.8, 4) is 0 Å². The van der Waals surface area contributed by atoms with Gasteiger partial charge in [-0.15, -0.1) is 0 Å². The summed E-state index contributed by atoms with van der Waals surface area (Å²) in [4.78, 5) is 4.55. The number of nitrogens with one attached hydrogen (secondary N) is 1. The maximum Gasteiger partial charge on any atom is 0.137 e. The van der Waals surface area contributed by atoms with Crippen LogP contribution in [0.2, 0.25) is 0 Å². The third kappa shape index (κ3) is 3.47. The van der Waals surface area contributed by atoms with Crippen LogP contribution in [0.15, 0.2) is 54.9 Å². The predicted molar refractivity (Wildman–Crippen MR) is 81.6 cm³/mol. The molecule has 1 aromatic carbocycles. The number of imidazole rings is 1. The zero-order valence-electron chi connectivity index (χ0n) is 12.0. The normalized spacial score (nSPS) is 12.7. The van der Waals surface area contributed by atoms with Gasteiger partial charge in [0.05, 0.1) is 5.69 Å². The molecule has 0 aliphatic carbocycles. The van der Waals surface area contributed by atoms with Crippen LogP contribution >= 0.6 is 0 Å². The number of nitrogens with zero attached hydrogens (tertiary/aromatic N) is 2. The molecule has 0 bridgehead atoms. The molecule has 21 heavy (non-hydrogen) atoms. The number of pyridine rings is 1. The molecule has 0 unspecified atom stereocenters. The van der Waals surface area contributed by atoms with E-state index in [1.807, 2.05) is 41.1 Å². The van der Waals surface area contributed by atoms with Crippen molar-refractivity contribution in [3.63, 3.8) is 0 Å². The average Bonchev–Trinajstić information content (AvgIpc) is 2.88. The SMILES string of the molecule is C[C@@H](Cc1cccc(F)c1)NCc1cn2ccccc2n1. The lowest BCUT2D eigenvalue weighted by Gasteiger charge is -2.12. The molecule has 3 nitrogen and oxygen atoms in total. The largest absolute Gasteiger partial charge is 0.308 e. The van der Waals surface area contributed by atoms with E-state index in [9.17, 15) is 4.39 Å². The number of hydrogen-bond donors (Lipinski definition) is 1. The minimum Gasteiger partial charge on any atom is -0.308 e. The van der Waals surface area contributed by atoms with Crippen molar-refractivity contribution in [2.24, 2.45) is 0 Å². The molecule has 0 spiro atoms. The fourth-order valence-electron chi connectivity index (χ4n) is 2.44. The van der Waals surface area contributed by atoms with E-state index >= 15 is 0 Å². The van der Waals surface area contributed by atoms with Crippen LogP contribution in [-0.4, -0.2) is 15.4 Å². The van der Waals surface area contributed by atoms with E-state index in [2.05, 4.69) is 17.2 Å². The summed E-state index contributed by atoms with van der Waals surface area (Å²) in [6, 6.07) is 13.0. The van der Waals surface area contributed by atoms with Gasteiger partial charge in [0.1, 0.15) is 11.5 Å². The van der Waals surface area contributed by atoms with Gasteiger partial charge in [-0.25, -0.2) is 9.37 Å². The van der Waals surface area contributed by atoms with Crippen molar-refractivity contribution in [2.45, 2.75) is 25.9 Å². The van der Waals surface area contributed by atoms with Crippen molar-refractivity contribution >= 4 is 5.65 Å². The molecule has 0 amide bonds. The molecule has 108 valence electrons. The van der Waals surface area contributed by atoms with Crippen LogP contribution in [0.25, 0.3) is 5.65 Å². The summed E-state index contributed by atoms with van der Waals surface area (Å²) in [5, 5.41) is 3.43. The molecule has 0 saturated heterocycles. The monoisotopic (exact) mass is 283 g/mol. The molecule has 0 aliphatic rings. The molecule has 3 rings (SSSR count). The predicted octanol–water partition coefficient (Wildman–Crippen LogP) is 3.19. The Bertz CT molecular complexity index is 702.